The SMILES string of the molecule is CC1C2C=CCC[C@H]1C1CCC2SC1. The van der Waals surface area contributed by atoms with E-state index in [1.165, 1.54) is 31.4 Å². The highest BCUT2D eigenvalue weighted by Gasteiger charge is 2.42. The van der Waals surface area contributed by atoms with Gasteiger partial charge in [0.25, 0.3) is 0 Å². The molecule has 0 amide bonds. The van der Waals surface area contributed by atoms with Crippen molar-refractivity contribution in [2.45, 2.75) is 37.9 Å². The second kappa shape index (κ2) is 3.59. The maximum atomic E-state index is 2.55. The van der Waals surface area contributed by atoms with Crippen LogP contribution in [0.3, 0.4) is 0 Å². The first-order valence-electron chi connectivity index (χ1n) is 6.14. The van der Waals surface area contributed by atoms with Gasteiger partial charge >= 0.3 is 0 Å². The van der Waals surface area contributed by atoms with Gasteiger partial charge in [0.2, 0.25) is 0 Å². The predicted molar refractivity (Wildman–Crippen MR) is 63.5 cm³/mol. The Bertz CT molecular complexity index is 238. The predicted octanol–water partition coefficient (Wildman–Crippen LogP) is 3.73. The molecular formula is C13H20S. The summed E-state index contributed by atoms with van der Waals surface area (Å²) in [5, 5.41) is 0.959. The third kappa shape index (κ3) is 1.36. The van der Waals surface area contributed by atoms with Gasteiger partial charge in [0.1, 0.15) is 0 Å². The summed E-state index contributed by atoms with van der Waals surface area (Å²) in [4.78, 5) is 0. The monoisotopic (exact) mass is 208 g/mol. The minimum Gasteiger partial charge on any atom is -0.158 e. The molecule has 2 heterocycles. The number of allylic oxidation sites excluding steroid dienone is 2. The fourth-order valence-corrected chi connectivity index (χ4v) is 5.60. The van der Waals surface area contributed by atoms with Crippen molar-refractivity contribution in [3.63, 3.8) is 0 Å². The van der Waals surface area contributed by atoms with Crippen LogP contribution in [-0.2, 0) is 0 Å². The van der Waals surface area contributed by atoms with Crippen molar-refractivity contribution in [1.82, 2.24) is 0 Å². The van der Waals surface area contributed by atoms with Gasteiger partial charge in [-0.1, -0.05) is 19.1 Å². The molecule has 4 unspecified atom stereocenters. The molecule has 0 aromatic rings. The molecule has 0 nitrogen and oxygen atoms in total. The molecule has 1 saturated carbocycles. The molecule has 0 radical (unpaired) electrons. The first-order chi connectivity index (χ1) is 6.86. The van der Waals surface area contributed by atoms with Gasteiger partial charge in [0.05, 0.1) is 0 Å². The normalized spacial score (nSPS) is 51.4. The van der Waals surface area contributed by atoms with E-state index in [0.717, 1.165) is 28.9 Å². The smallest absolute Gasteiger partial charge is 0.0113 e. The first kappa shape index (κ1) is 9.33. The fraction of sp³-hybridized carbons (Fsp3) is 0.846. The second-order valence-corrected chi connectivity index (χ2v) is 6.59. The van der Waals surface area contributed by atoms with Crippen molar-refractivity contribution in [2.24, 2.45) is 23.7 Å². The van der Waals surface area contributed by atoms with Gasteiger partial charge in [-0.2, -0.15) is 11.8 Å². The lowest BCUT2D eigenvalue weighted by Crippen LogP contribution is -2.23. The average molecular weight is 208 g/mol. The summed E-state index contributed by atoms with van der Waals surface area (Å²) in [6.45, 7) is 2.52. The molecule has 4 rings (SSSR count). The van der Waals surface area contributed by atoms with E-state index < -0.39 is 0 Å². The summed E-state index contributed by atoms with van der Waals surface area (Å²) in [7, 11) is 0. The highest BCUT2D eigenvalue weighted by molar-refractivity contribution is 8.00. The van der Waals surface area contributed by atoms with Crippen molar-refractivity contribution in [1.29, 1.82) is 0 Å². The molecule has 4 aliphatic rings. The van der Waals surface area contributed by atoms with Crippen LogP contribution in [0.1, 0.15) is 32.6 Å². The van der Waals surface area contributed by atoms with E-state index in [0.29, 0.717) is 0 Å². The molecule has 0 spiro atoms. The zero-order valence-electron chi connectivity index (χ0n) is 8.99. The van der Waals surface area contributed by atoms with E-state index in [4.69, 9.17) is 0 Å². The van der Waals surface area contributed by atoms with Crippen molar-refractivity contribution < 1.29 is 0 Å². The minimum absolute atomic E-state index is 0.903. The highest BCUT2D eigenvalue weighted by Crippen LogP contribution is 2.50. The molecule has 2 aliphatic carbocycles. The van der Waals surface area contributed by atoms with Crippen LogP contribution in [0, 0.1) is 23.7 Å². The van der Waals surface area contributed by atoms with Crippen LogP contribution in [-0.4, -0.2) is 11.0 Å². The minimum atomic E-state index is 0.903. The van der Waals surface area contributed by atoms with Crippen molar-refractivity contribution >= 4 is 11.8 Å². The lowest BCUT2D eigenvalue weighted by atomic mass is 9.77. The van der Waals surface area contributed by atoms with Gasteiger partial charge in [-0.05, 0) is 55.1 Å². The van der Waals surface area contributed by atoms with Crippen LogP contribution in [0.15, 0.2) is 12.2 Å². The summed E-state index contributed by atoms with van der Waals surface area (Å²) in [6, 6.07) is 0. The van der Waals surface area contributed by atoms with Crippen molar-refractivity contribution in [3.8, 4) is 0 Å². The summed E-state index contributed by atoms with van der Waals surface area (Å²) in [5.41, 5.74) is 0. The Balaban J connectivity index is 1.97. The van der Waals surface area contributed by atoms with Gasteiger partial charge in [0, 0.05) is 5.25 Å². The fourth-order valence-electron chi connectivity index (χ4n) is 3.83. The molecule has 0 aromatic heterocycles. The molecule has 5 atom stereocenters. The van der Waals surface area contributed by atoms with Gasteiger partial charge < -0.3 is 0 Å². The third-order valence-electron chi connectivity index (χ3n) is 4.69. The average Bonchev–Trinajstić information content (AvgIpc) is 2.54. The number of hydrogen-bond donors (Lipinski definition) is 0. The van der Waals surface area contributed by atoms with Crippen LogP contribution >= 0.6 is 11.8 Å². The van der Waals surface area contributed by atoms with Crippen LogP contribution in [0.2, 0.25) is 0 Å². The summed E-state index contributed by atoms with van der Waals surface area (Å²) in [5.74, 6) is 5.41. The third-order valence-corrected chi connectivity index (χ3v) is 6.29. The largest absolute Gasteiger partial charge is 0.158 e. The zero-order valence-corrected chi connectivity index (χ0v) is 9.80. The van der Waals surface area contributed by atoms with Crippen molar-refractivity contribution in [2.75, 3.05) is 5.75 Å². The maximum Gasteiger partial charge on any atom is 0.0113 e. The number of rotatable bonds is 0. The van der Waals surface area contributed by atoms with E-state index in [1.54, 1.807) is 0 Å². The van der Waals surface area contributed by atoms with E-state index >= 15 is 0 Å². The van der Waals surface area contributed by atoms with Crippen LogP contribution < -0.4 is 0 Å². The van der Waals surface area contributed by atoms with E-state index in [2.05, 4.69) is 30.8 Å². The van der Waals surface area contributed by atoms with Crippen LogP contribution in [0.25, 0.3) is 0 Å². The zero-order chi connectivity index (χ0) is 9.54. The van der Waals surface area contributed by atoms with Gasteiger partial charge in [-0.25, -0.2) is 0 Å². The summed E-state index contributed by atoms with van der Waals surface area (Å²) >= 11 is 2.27. The Morgan fingerprint density at radius 2 is 2.14 bits per heavy atom. The summed E-state index contributed by atoms with van der Waals surface area (Å²) < 4.78 is 0. The molecule has 2 aliphatic heterocycles. The van der Waals surface area contributed by atoms with E-state index in [1.807, 2.05) is 0 Å². The molecule has 4 bridgehead atoms. The molecule has 0 aromatic carbocycles. The molecule has 3 fully saturated rings. The number of hydrogen-bond acceptors (Lipinski definition) is 1. The Labute approximate surface area is 91.5 Å². The molecule has 2 saturated heterocycles. The van der Waals surface area contributed by atoms with Crippen molar-refractivity contribution in [3.05, 3.63) is 12.2 Å². The van der Waals surface area contributed by atoms with Crippen LogP contribution in [0.4, 0.5) is 0 Å². The molecule has 14 heavy (non-hydrogen) atoms. The van der Waals surface area contributed by atoms with Crippen LogP contribution in [0.5, 0.6) is 0 Å². The van der Waals surface area contributed by atoms with E-state index in [-0.39, 0.29) is 0 Å². The quantitative estimate of drug-likeness (QED) is 0.547. The maximum absolute atomic E-state index is 2.55. The Morgan fingerprint density at radius 3 is 2.93 bits per heavy atom. The Morgan fingerprint density at radius 1 is 1.21 bits per heavy atom. The Hall–Kier alpha value is 0.0900. The number of fused-ring (bicyclic) bond motifs is 2. The lowest BCUT2D eigenvalue weighted by molar-refractivity contribution is 0.231. The summed E-state index contributed by atoms with van der Waals surface area (Å²) in [6.07, 6.45) is 10.8. The standard InChI is InChI=1S/C13H20S/c1-9-11-4-2-3-5-12(9)13-7-6-10(11)8-14-13/h3,5,9-13H,2,4,6-8H2,1H3/t9?,10?,11-,12?,13?/m1/s1. The molecule has 1 heteroatoms. The van der Waals surface area contributed by atoms with Gasteiger partial charge in [-0.3, -0.25) is 0 Å². The van der Waals surface area contributed by atoms with Gasteiger partial charge in [0.15, 0.2) is 0 Å². The Kier molecular flexibility index (Phi) is 2.39. The highest BCUT2D eigenvalue weighted by atomic mass is 32.2. The van der Waals surface area contributed by atoms with Gasteiger partial charge in [-0.15, -0.1) is 0 Å². The first-order valence-corrected chi connectivity index (χ1v) is 7.19. The molecule has 0 N–H and O–H groups in total. The lowest BCUT2D eigenvalue weighted by Gasteiger charge is -2.28. The molecule has 78 valence electrons. The second-order valence-electron chi connectivity index (χ2n) is 5.32. The van der Waals surface area contributed by atoms with E-state index in [9.17, 15) is 0 Å². The number of thioether (sulfide) groups is 1. The topological polar surface area (TPSA) is 0 Å². The molecular weight excluding hydrogens is 188 g/mol.